The largest absolute Gasteiger partial charge is 0.274 e. The fourth-order valence-corrected chi connectivity index (χ4v) is 0.611. The maximum absolute atomic E-state index is 5.02. The van der Waals surface area contributed by atoms with Gasteiger partial charge in [-0.2, -0.15) is 0 Å². The van der Waals surface area contributed by atoms with Gasteiger partial charge in [0, 0.05) is 12.7 Å². The molecule has 0 radical (unpaired) electrons. The van der Waals surface area contributed by atoms with Crippen LogP contribution >= 0.6 is 0 Å². The molecule has 40 valence electrons. The maximum atomic E-state index is 5.02. The van der Waals surface area contributed by atoms with Crippen molar-refractivity contribution in [3.63, 3.8) is 0 Å². The zero-order valence-electron chi connectivity index (χ0n) is 4.26. The number of hydroxylamine groups is 2. The van der Waals surface area contributed by atoms with E-state index in [4.69, 9.17) is 4.84 Å². The van der Waals surface area contributed by atoms with Gasteiger partial charge in [0.25, 0.3) is 0 Å². The van der Waals surface area contributed by atoms with Gasteiger partial charge in [-0.3, -0.25) is 9.90 Å². The maximum Gasteiger partial charge on any atom is 0.0766 e. The Morgan fingerprint density at radius 2 is 2.57 bits per heavy atom. The number of nitrogens with zero attached hydrogens (tertiary/aromatic N) is 1. The summed E-state index contributed by atoms with van der Waals surface area (Å²) in [5.41, 5.74) is 0. The Hall–Kier alpha value is -0.500. The molecule has 0 atom stereocenters. The van der Waals surface area contributed by atoms with Crippen LogP contribution < -0.4 is 0 Å². The molecular formula is C5H9NO. The second-order valence-electron chi connectivity index (χ2n) is 1.51. The predicted octanol–water partition coefficient (Wildman–Crippen LogP) is 0.767. The minimum absolute atomic E-state index is 0.853. The molecule has 1 aliphatic rings. The SMILES string of the molecule is C=CN1CCCO1. The van der Waals surface area contributed by atoms with Crippen molar-refractivity contribution in [1.29, 1.82) is 0 Å². The highest BCUT2D eigenvalue weighted by Crippen LogP contribution is 2.01. The van der Waals surface area contributed by atoms with E-state index >= 15 is 0 Å². The molecule has 7 heavy (non-hydrogen) atoms. The molecule has 0 aromatic rings. The molecule has 0 bridgehead atoms. The van der Waals surface area contributed by atoms with E-state index in [1.165, 1.54) is 0 Å². The Morgan fingerprint density at radius 1 is 1.71 bits per heavy atom. The molecule has 1 aliphatic heterocycles. The fraction of sp³-hybridized carbons (Fsp3) is 0.600. The van der Waals surface area contributed by atoms with E-state index in [9.17, 15) is 0 Å². The lowest BCUT2D eigenvalue weighted by molar-refractivity contribution is -0.0657. The highest BCUT2D eigenvalue weighted by molar-refractivity contribution is 4.65. The van der Waals surface area contributed by atoms with Gasteiger partial charge in [-0.1, -0.05) is 6.58 Å². The van der Waals surface area contributed by atoms with Gasteiger partial charge in [0.2, 0.25) is 0 Å². The number of rotatable bonds is 1. The molecule has 1 saturated heterocycles. The molecule has 2 heteroatoms. The van der Waals surface area contributed by atoms with E-state index in [-0.39, 0.29) is 0 Å². The molecule has 1 rings (SSSR count). The Bertz CT molecular complexity index is 66.5. The number of hydrogen-bond acceptors (Lipinski definition) is 2. The molecule has 0 aliphatic carbocycles. The summed E-state index contributed by atoms with van der Waals surface area (Å²) in [5, 5.41) is 1.75. The quantitative estimate of drug-likeness (QED) is 0.481. The summed E-state index contributed by atoms with van der Waals surface area (Å²) in [6.45, 7) is 5.40. The average Bonchev–Trinajstić information content (AvgIpc) is 2.14. The molecule has 0 aromatic carbocycles. The van der Waals surface area contributed by atoms with Crippen molar-refractivity contribution in [3.05, 3.63) is 12.8 Å². The number of hydrogen-bond donors (Lipinski definition) is 0. The van der Waals surface area contributed by atoms with Crippen molar-refractivity contribution in [3.8, 4) is 0 Å². The Morgan fingerprint density at radius 3 is 2.86 bits per heavy atom. The highest BCUT2D eigenvalue weighted by atomic mass is 16.7. The first-order valence-corrected chi connectivity index (χ1v) is 2.45. The first kappa shape index (κ1) is 4.65. The van der Waals surface area contributed by atoms with Crippen LogP contribution in [0.3, 0.4) is 0 Å². The summed E-state index contributed by atoms with van der Waals surface area (Å²) in [4.78, 5) is 5.02. The Kier molecular flexibility index (Phi) is 1.32. The van der Waals surface area contributed by atoms with Crippen molar-refractivity contribution in [1.82, 2.24) is 5.06 Å². The van der Waals surface area contributed by atoms with E-state index < -0.39 is 0 Å². The summed E-state index contributed by atoms with van der Waals surface area (Å²) in [7, 11) is 0. The molecule has 0 N–H and O–H groups in total. The normalized spacial score (nSPS) is 20.3. The van der Waals surface area contributed by atoms with Crippen LogP contribution in [-0.2, 0) is 4.84 Å². The van der Waals surface area contributed by atoms with Crippen molar-refractivity contribution in [2.24, 2.45) is 0 Å². The lowest BCUT2D eigenvalue weighted by atomic mass is 10.5. The third kappa shape index (κ3) is 0.933. The van der Waals surface area contributed by atoms with Crippen LogP contribution in [-0.4, -0.2) is 18.2 Å². The summed E-state index contributed by atoms with van der Waals surface area (Å²) in [6.07, 6.45) is 2.83. The molecule has 0 unspecified atom stereocenters. The van der Waals surface area contributed by atoms with Gasteiger partial charge in [0.05, 0.1) is 6.61 Å². The van der Waals surface area contributed by atoms with Gasteiger partial charge in [0.15, 0.2) is 0 Å². The lowest BCUT2D eigenvalue weighted by Gasteiger charge is -2.06. The van der Waals surface area contributed by atoms with Crippen molar-refractivity contribution in [2.45, 2.75) is 6.42 Å². The minimum Gasteiger partial charge on any atom is -0.274 e. The van der Waals surface area contributed by atoms with E-state index in [2.05, 4.69) is 6.58 Å². The molecule has 1 fully saturated rings. The van der Waals surface area contributed by atoms with Gasteiger partial charge < -0.3 is 0 Å². The molecule has 0 saturated carbocycles. The summed E-state index contributed by atoms with van der Waals surface area (Å²) >= 11 is 0. The van der Waals surface area contributed by atoms with Crippen molar-refractivity contribution >= 4 is 0 Å². The summed E-state index contributed by atoms with van der Waals surface area (Å²) in [5.74, 6) is 0. The van der Waals surface area contributed by atoms with Gasteiger partial charge in [0.1, 0.15) is 0 Å². The third-order valence-electron chi connectivity index (χ3n) is 0.984. The first-order chi connectivity index (χ1) is 3.43. The van der Waals surface area contributed by atoms with E-state index in [1.54, 1.807) is 11.3 Å². The zero-order valence-corrected chi connectivity index (χ0v) is 4.26. The van der Waals surface area contributed by atoms with Crippen molar-refractivity contribution in [2.75, 3.05) is 13.2 Å². The van der Waals surface area contributed by atoms with E-state index in [1.807, 2.05) is 0 Å². The fourth-order valence-electron chi connectivity index (χ4n) is 0.611. The molecular weight excluding hydrogens is 90.1 g/mol. The van der Waals surface area contributed by atoms with Crippen LogP contribution in [0.15, 0.2) is 12.8 Å². The van der Waals surface area contributed by atoms with E-state index in [0.29, 0.717) is 0 Å². The van der Waals surface area contributed by atoms with Crippen LogP contribution in [0.4, 0.5) is 0 Å². The standard InChI is InChI=1S/C5H9NO/c1-2-6-4-3-5-7-6/h2H,1,3-5H2. The average molecular weight is 99.1 g/mol. The Labute approximate surface area is 43.3 Å². The van der Waals surface area contributed by atoms with Crippen LogP contribution in [0.2, 0.25) is 0 Å². The minimum atomic E-state index is 0.853. The molecule has 0 spiro atoms. The van der Waals surface area contributed by atoms with Gasteiger partial charge in [-0.15, -0.1) is 0 Å². The predicted molar refractivity (Wildman–Crippen MR) is 27.5 cm³/mol. The van der Waals surface area contributed by atoms with Crippen LogP contribution in [0.25, 0.3) is 0 Å². The smallest absolute Gasteiger partial charge is 0.0766 e. The first-order valence-electron chi connectivity index (χ1n) is 2.45. The monoisotopic (exact) mass is 99.1 g/mol. The van der Waals surface area contributed by atoms with Crippen LogP contribution in [0.1, 0.15) is 6.42 Å². The third-order valence-corrected chi connectivity index (χ3v) is 0.984. The molecule has 2 nitrogen and oxygen atoms in total. The molecule has 1 heterocycles. The summed E-state index contributed by atoms with van der Waals surface area (Å²) < 4.78 is 0. The molecule has 0 amide bonds. The Balaban J connectivity index is 2.26. The van der Waals surface area contributed by atoms with Crippen molar-refractivity contribution < 1.29 is 4.84 Å². The van der Waals surface area contributed by atoms with Crippen LogP contribution in [0, 0.1) is 0 Å². The lowest BCUT2D eigenvalue weighted by Crippen LogP contribution is -2.07. The topological polar surface area (TPSA) is 12.5 Å². The van der Waals surface area contributed by atoms with Gasteiger partial charge in [-0.25, -0.2) is 0 Å². The van der Waals surface area contributed by atoms with Crippen LogP contribution in [0.5, 0.6) is 0 Å². The molecule has 0 aromatic heterocycles. The van der Waals surface area contributed by atoms with Gasteiger partial charge >= 0.3 is 0 Å². The second kappa shape index (κ2) is 1.98. The second-order valence-corrected chi connectivity index (χ2v) is 1.51. The van der Waals surface area contributed by atoms with Gasteiger partial charge in [-0.05, 0) is 6.42 Å². The van der Waals surface area contributed by atoms with E-state index in [0.717, 1.165) is 19.6 Å². The summed E-state index contributed by atoms with van der Waals surface area (Å²) in [6, 6.07) is 0. The highest BCUT2D eigenvalue weighted by Gasteiger charge is 2.04. The zero-order chi connectivity index (χ0) is 5.11.